The molecule has 2 heterocycles. The molecule has 0 aliphatic carbocycles. The van der Waals surface area contributed by atoms with Gasteiger partial charge < -0.3 is 14.8 Å². The average Bonchev–Trinajstić information content (AvgIpc) is 2.81. The second-order valence-corrected chi connectivity index (χ2v) is 7.65. The van der Waals surface area contributed by atoms with Gasteiger partial charge in [0.25, 0.3) is 5.91 Å². The van der Waals surface area contributed by atoms with Crippen LogP contribution in [0.1, 0.15) is 16.1 Å². The van der Waals surface area contributed by atoms with Gasteiger partial charge in [0.05, 0.1) is 24.5 Å². The van der Waals surface area contributed by atoms with E-state index in [0.717, 1.165) is 18.8 Å². The molecule has 1 fully saturated rings. The summed E-state index contributed by atoms with van der Waals surface area (Å²) in [5.74, 6) is 1.11. The lowest BCUT2D eigenvalue weighted by molar-refractivity contribution is 0.0335. The molecule has 7 nitrogen and oxygen atoms in total. The number of nitrogens with zero attached hydrogens (tertiary/aromatic N) is 2. The van der Waals surface area contributed by atoms with E-state index >= 15 is 0 Å². The number of anilines is 1. The normalized spacial score (nSPS) is 13.9. The van der Waals surface area contributed by atoms with E-state index in [0.29, 0.717) is 42.5 Å². The zero-order valence-electron chi connectivity index (χ0n) is 17.5. The van der Waals surface area contributed by atoms with Crippen molar-refractivity contribution in [3.05, 3.63) is 84.2 Å². The van der Waals surface area contributed by atoms with Gasteiger partial charge >= 0.3 is 0 Å². The molecule has 164 valence electrons. The molecule has 1 aliphatic heterocycles. The molecule has 0 radical (unpaired) electrons. The van der Waals surface area contributed by atoms with Gasteiger partial charge in [-0.3, -0.25) is 20.0 Å². The summed E-state index contributed by atoms with van der Waals surface area (Å²) >= 11 is 5.36. The maximum Gasteiger partial charge on any atom is 0.259 e. The van der Waals surface area contributed by atoms with Crippen molar-refractivity contribution in [1.82, 2.24) is 15.2 Å². The number of hydrogen-bond donors (Lipinski definition) is 2. The van der Waals surface area contributed by atoms with Crippen molar-refractivity contribution in [2.24, 2.45) is 0 Å². The van der Waals surface area contributed by atoms with Crippen LogP contribution < -0.4 is 15.4 Å². The maximum absolute atomic E-state index is 12.9. The third-order valence-corrected chi connectivity index (χ3v) is 5.11. The van der Waals surface area contributed by atoms with Crippen LogP contribution in [0.3, 0.4) is 0 Å². The smallest absolute Gasteiger partial charge is 0.259 e. The number of benzene rings is 2. The van der Waals surface area contributed by atoms with E-state index in [2.05, 4.69) is 20.5 Å². The lowest BCUT2D eigenvalue weighted by atomic mass is 10.1. The van der Waals surface area contributed by atoms with Gasteiger partial charge in [-0.15, -0.1) is 0 Å². The monoisotopic (exact) mass is 448 g/mol. The third-order valence-electron chi connectivity index (χ3n) is 4.91. The molecule has 1 saturated heterocycles. The highest BCUT2D eigenvalue weighted by molar-refractivity contribution is 7.80. The summed E-state index contributed by atoms with van der Waals surface area (Å²) in [5, 5.41) is 5.99. The third kappa shape index (κ3) is 6.10. The fourth-order valence-electron chi connectivity index (χ4n) is 3.34. The summed E-state index contributed by atoms with van der Waals surface area (Å²) in [6.07, 6.45) is 1.70. The zero-order chi connectivity index (χ0) is 22.2. The van der Waals surface area contributed by atoms with Crippen LogP contribution in [0.15, 0.2) is 72.9 Å². The van der Waals surface area contributed by atoms with E-state index in [9.17, 15) is 4.79 Å². The maximum atomic E-state index is 12.9. The lowest BCUT2D eigenvalue weighted by Crippen LogP contribution is -2.38. The number of para-hydroxylation sites is 1. The van der Waals surface area contributed by atoms with Gasteiger partial charge in [-0.25, -0.2) is 0 Å². The number of aromatic nitrogens is 1. The van der Waals surface area contributed by atoms with E-state index in [1.807, 2.05) is 54.6 Å². The number of amides is 1. The van der Waals surface area contributed by atoms with Gasteiger partial charge in [0.2, 0.25) is 0 Å². The van der Waals surface area contributed by atoms with Crippen molar-refractivity contribution in [3.8, 4) is 11.5 Å². The second-order valence-electron chi connectivity index (χ2n) is 7.24. The number of carbonyl (C=O) groups is 1. The minimum absolute atomic E-state index is 0.202. The number of carbonyl (C=O) groups excluding carboxylic acids is 1. The van der Waals surface area contributed by atoms with Crippen LogP contribution in [0.5, 0.6) is 11.5 Å². The minimum Gasteiger partial charge on any atom is -0.457 e. The molecule has 0 saturated carbocycles. The van der Waals surface area contributed by atoms with E-state index in [-0.39, 0.29) is 11.0 Å². The molecule has 0 unspecified atom stereocenters. The molecule has 0 bridgehead atoms. The number of morpholine rings is 1. The number of hydrogen-bond acceptors (Lipinski definition) is 6. The van der Waals surface area contributed by atoms with Crippen molar-refractivity contribution < 1.29 is 14.3 Å². The molecule has 0 spiro atoms. The molecule has 2 N–H and O–H groups in total. The molecule has 3 aromatic rings. The van der Waals surface area contributed by atoms with Gasteiger partial charge in [0.1, 0.15) is 11.5 Å². The Labute approximate surface area is 192 Å². The molecule has 8 heteroatoms. The first-order chi connectivity index (χ1) is 15.7. The Morgan fingerprint density at radius 1 is 1.03 bits per heavy atom. The Morgan fingerprint density at radius 3 is 2.62 bits per heavy atom. The number of ether oxygens (including phenoxy) is 2. The molecular formula is C24H24N4O3S. The SMILES string of the molecule is O=C(NC(=S)Nc1cccc(Oc2ccccc2)c1)c1cccnc1CN1CCOCC1. The van der Waals surface area contributed by atoms with Gasteiger partial charge in [-0.1, -0.05) is 24.3 Å². The van der Waals surface area contributed by atoms with Crippen LogP contribution in [0, 0.1) is 0 Å². The highest BCUT2D eigenvalue weighted by atomic mass is 32.1. The first kappa shape index (κ1) is 21.9. The van der Waals surface area contributed by atoms with Crippen molar-refractivity contribution in [2.75, 3.05) is 31.6 Å². The Balaban J connectivity index is 1.37. The second kappa shape index (κ2) is 10.8. The molecule has 1 aliphatic rings. The van der Waals surface area contributed by atoms with Crippen LogP contribution in [-0.4, -0.2) is 47.2 Å². The number of rotatable bonds is 6. The summed E-state index contributed by atoms with van der Waals surface area (Å²) < 4.78 is 11.2. The van der Waals surface area contributed by atoms with Crippen molar-refractivity contribution in [1.29, 1.82) is 0 Å². The van der Waals surface area contributed by atoms with Crippen LogP contribution in [0.4, 0.5) is 5.69 Å². The van der Waals surface area contributed by atoms with Crippen LogP contribution in [-0.2, 0) is 11.3 Å². The van der Waals surface area contributed by atoms with Gasteiger partial charge in [0.15, 0.2) is 5.11 Å². The highest BCUT2D eigenvalue weighted by Gasteiger charge is 2.18. The molecule has 1 aromatic heterocycles. The zero-order valence-corrected chi connectivity index (χ0v) is 18.3. The number of thiocarbonyl (C=S) groups is 1. The number of nitrogens with one attached hydrogen (secondary N) is 2. The molecule has 0 atom stereocenters. The molecule has 2 aromatic carbocycles. The lowest BCUT2D eigenvalue weighted by Gasteiger charge is -2.26. The van der Waals surface area contributed by atoms with Crippen LogP contribution >= 0.6 is 12.2 Å². The van der Waals surface area contributed by atoms with E-state index < -0.39 is 0 Å². The fraction of sp³-hybridized carbons (Fsp3) is 0.208. The largest absolute Gasteiger partial charge is 0.457 e. The number of pyridine rings is 1. The summed E-state index contributed by atoms with van der Waals surface area (Å²) in [6.45, 7) is 3.61. The predicted molar refractivity (Wildman–Crippen MR) is 127 cm³/mol. The van der Waals surface area contributed by atoms with Gasteiger partial charge in [0, 0.05) is 37.6 Å². The first-order valence-electron chi connectivity index (χ1n) is 10.4. The summed E-state index contributed by atoms with van der Waals surface area (Å²) in [4.78, 5) is 19.5. The Hall–Kier alpha value is -3.33. The van der Waals surface area contributed by atoms with E-state index in [1.165, 1.54) is 0 Å². The van der Waals surface area contributed by atoms with Gasteiger partial charge in [-0.2, -0.15) is 0 Å². The molecule has 4 rings (SSSR count). The Kier molecular flexibility index (Phi) is 7.39. The predicted octanol–water partition coefficient (Wildman–Crippen LogP) is 3.83. The summed E-state index contributed by atoms with van der Waals surface area (Å²) in [7, 11) is 0. The minimum atomic E-state index is -0.296. The Morgan fingerprint density at radius 2 is 1.81 bits per heavy atom. The van der Waals surface area contributed by atoms with E-state index in [4.69, 9.17) is 21.7 Å². The fourth-order valence-corrected chi connectivity index (χ4v) is 3.55. The van der Waals surface area contributed by atoms with Crippen LogP contribution in [0.2, 0.25) is 0 Å². The van der Waals surface area contributed by atoms with Gasteiger partial charge in [-0.05, 0) is 48.6 Å². The summed E-state index contributed by atoms with van der Waals surface area (Å²) in [5.41, 5.74) is 1.93. The molecular weight excluding hydrogens is 424 g/mol. The van der Waals surface area contributed by atoms with Crippen LogP contribution in [0.25, 0.3) is 0 Å². The standard InChI is InChI=1S/C24H24N4O3S/c29-23(21-10-5-11-25-22(21)17-28-12-14-30-15-13-28)27-24(32)26-18-6-4-9-20(16-18)31-19-7-2-1-3-8-19/h1-11,16H,12-15,17H2,(H2,26,27,29,32). The summed E-state index contributed by atoms with van der Waals surface area (Å²) in [6, 6.07) is 20.4. The van der Waals surface area contributed by atoms with Crippen molar-refractivity contribution in [3.63, 3.8) is 0 Å². The molecule has 32 heavy (non-hydrogen) atoms. The topological polar surface area (TPSA) is 75.7 Å². The van der Waals surface area contributed by atoms with Crippen molar-refractivity contribution >= 4 is 28.9 Å². The highest BCUT2D eigenvalue weighted by Crippen LogP contribution is 2.23. The Bertz CT molecular complexity index is 1070. The first-order valence-corrected chi connectivity index (χ1v) is 10.8. The molecule has 1 amide bonds. The van der Waals surface area contributed by atoms with Crippen molar-refractivity contribution in [2.45, 2.75) is 6.54 Å². The quantitative estimate of drug-likeness (QED) is 0.555. The average molecular weight is 449 g/mol. The van der Waals surface area contributed by atoms with E-state index in [1.54, 1.807) is 18.3 Å².